The molecule has 0 saturated heterocycles. The first-order valence-electron chi connectivity index (χ1n) is 7.01. The Morgan fingerprint density at radius 1 is 1.24 bits per heavy atom. The van der Waals surface area contributed by atoms with Gasteiger partial charge in [0, 0.05) is 6.04 Å². The van der Waals surface area contributed by atoms with Crippen LogP contribution in [0.1, 0.15) is 39.0 Å². The third kappa shape index (κ3) is 7.19. The van der Waals surface area contributed by atoms with Crippen molar-refractivity contribution in [3.8, 4) is 0 Å². The maximum absolute atomic E-state index is 12.4. The zero-order chi connectivity index (χ0) is 16.0. The van der Waals surface area contributed by atoms with Crippen LogP contribution in [0.2, 0.25) is 0 Å². The van der Waals surface area contributed by atoms with Crippen LogP contribution in [0.15, 0.2) is 0 Å². The number of nitrogens with one attached hydrogen (secondary N) is 1. The van der Waals surface area contributed by atoms with Crippen molar-refractivity contribution in [1.82, 2.24) is 10.2 Å². The summed E-state index contributed by atoms with van der Waals surface area (Å²) in [6, 6.07) is -1.15. The lowest BCUT2D eigenvalue weighted by Crippen LogP contribution is -2.49. The van der Waals surface area contributed by atoms with E-state index < -0.39 is 31.3 Å². The van der Waals surface area contributed by atoms with E-state index in [1.54, 1.807) is 0 Å². The first kappa shape index (κ1) is 17.6. The number of nitrogens with zero attached hydrogens (tertiary/aromatic N) is 1. The second kappa shape index (κ2) is 7.51. The Hall–Kier alpha value is -1.47. The normalized spacial score (nSPS) is 23.2. The number of rotatable bonds is 4. The molecule has 2 amide bonds. The molecule has 0 aromatic rings. The Bertz CT molecular complexity index is 374. The van der Waals surface area contributed by atoms with Crippen LogP contribution in [0, 0.1) is 5.92 Å². The van der Waals surface area contributed by atoms with Crippen molar-refractivity contribution in [2.24, 2.45) is 5.92 Å². The highest BCUT2D eigenvalue weighted by Crippen LogP contribution is 2.23. The Morgan fingerprint density at radius 2 is 1.90 bits per heavy atom. The molecule has 0 aromatic carbocycles. The number of aliphatic carboxylic acids is 1. The molecule has 0 heterocycles. The standard InChI is InChI=1S/C13H21F3N2O3/c1-9-3-2-4-10(6-5-9)17-12(21)18(7-11(19)20)8-13(14,15)16/h9-10H,2-8H2,1H3,(H,17,21)(H,19,20). The molecular formula is C13H21F3N2O3. The molecule has 1 saturated carbocycles. The van der Waals surface area contributed by atoms with Gasteiger partial charge in [-0.1, -0.05) is 19.8 Å². The van der Waals surface area contributed by atoms with E-state index in [-0.39, 0.29) is 10.9 Å². The molecule has 122 valence electrons. The van der Waals surface area contributed by atoms with Crippen molar-refractivity contribution in [3.05, 3.63) is 0 Å². The molecule has 0 aliphatic heterocycles. The Morgan fingerprint density at radius 3 is 2.48 bits per heavy atom. The van der Waals surface area contributed by atoms with Crippen LogP contribution in [0.25, 0.3) is 0 Å². The number of carbonyl (C=O) groups is 2. The summed E-state index contributed by atoms with van der Waals surface area (Å²) in [6.45, 7) is -0.423. The van der Waals surface area contributed by atoms with Crippen molar-refractivity contribution in [3.63, 3.8) is 0 Å². The largest absolute Gasteiger partial charge is 0.480 e. The van der Waals surface area contributed by atoms with E-state index in [0.717, 1.165) is 19.3 Å². The van der Waals surface area contributed by atoms with Gasteiger partial charge in [-0.15, -0.1) is 0 Å². The van der Waals surface area contributed by atoms with E-state index in [9.17, 15) is 22.8 Å². The Kier molecular flexibility index (Phi) is 6.29. The van der Waals surface area contributed by atoms with Crippen LogP contribution in [0.4, 0.5) is 18.0 Å². The van der Waals surface area contributed by atoms with Crippen molar-refractivity contribution < 1.29 is 27.9 Å². The summed E-state index contributed by atoms with van der Waals surface area (Å²) in [4.78, 5) is 22.8. The first-order valence-corrected chi connectivity index (χ1v) is 7.01. The zero-order valence-electron chi connectivity index (χ0n) is 11.9. The van der Waals surface area contributed by atoms with E-state index in [1.807, 2.05) is 0 Å². The molecule has 21 heavy (non-hydrogen) atoms. The molecule has 1 fully saturated rings. The highest BCUT2D eigenvalue weighted by molar-refractivity contribution is 5.80. The fourth-order valence-corrected chi connectivity index (χ4v) is 2.48. The molecule has 8 heteroatoms. The smallest absolute Gasteiger partial charge is 0.406 e. The van der Waals surface area contributed by atoms with Gasteiger partial charge in [0.15, 0.2) is 0 Å². The summed E-state index contributed by atoms with van der Waals surface area (Å²) in [5, 5.41) is 11.2. The predicted molar refractivity (Wildman–Crippen MR) is 69.8 cm³/mol. The summed E-state index contributed by atoms with van der Waals surface area (Å²) in [5.74, 6) is -0.930. The van der Waals surface area contributed by atoms with Crippen molar-refractivity contribution in [2.75, 3.05) is 13.1 Å². The average Bonchev–Trinajstić information content (AvgIpc) is 2.51. The fourth-order valence-electron chi connectivity index (χ4n) is 2.48. The van der Waals surface area contributed by atoms with Crippen molar-refractivity contribution in [2.45, 2.75) is 51.2 Å². The van der Waals surface area contributed by atoms with E-state index in [1.165, 1.54) is 0 Å². The monoisotopic (exact) mass is 310 g/mol. The maximum atomic E-state index is 12.4. The van der Waals surface area contributed by atoms with E-state index in [2.05, 4.69) is 12.2 Å². The van der Waals surface area contributed by atoms with Gasteiger partial charge in [0.05, 0.1) is 0 Å². The third-order valence-corrected chi connectivity index (χ3v) is 3.57. The van der Waals surface area contributed by atoms with Crippen LogP contribution in [0.5, 0.6) is 0 Å². The third-order valence-electron chi connectivity index (χ3n) is 3.57. The van der Waals surface area contributed by atoms with Gasteiger partial charge < -0.3 is 15.3 Å². The van der Waals surface area contributed by atoms with Gasteiger partial charge in [0.2, 0.25) is 0 Å². The number of carboxylic acid groups (broad SMARTS) is 1. The number of hydrogen-bond acceptors (Lipinski definition) is 2. The van der Waals surface area contributed by atoms with Gasteiger partial charge in [-0.3, -0.25) is 4.79 Å². The number of alkyl halides is 3. The maximum Gasteiger partial charge on any atom is 0.406 e. The molecule has 2 N–H and O–H groups in total. The molecule has 1 aliphatic carbocycles. The van der Waals surface area contributed by atoms with E-state index in [0.29, 0.717) is 18.8 Å². The molecule has 0 aromatic heterocycles. The molecule has 2 atom stereocenters. The number of amides is 2. The molecule has 2 unspecified atom stereocenters. The van der Waals surface area contributed by atoms with Gasteiger partial charge in [-0.25, -0.2) is 4.79 Å². The fraction of sp³-hybridized carbons (Fsp3) is 0.846. The highest BCUT2D eigenvalue weighted by Gasteiger charge is 2.34. The molecule has 0 bridgehead atoms. The molecule has 5 nitrogen and oxygen atoms in total. The summed E-state index contributed by atoms with van der Waals surface area (Å²) in [7, 11) is 0. The lowest BCUT2D eigenvalue weighted by atomic mass is 10.0. The van der Waals surface area contributed by atoms with Crippen LogP contribution < -0.4 is 5.32 Å². The second-order valence-electron chi connectivity index (χ2n) is 5.62. The minimum Gasteiger partial charge on any atom is -0.480 e. The summed E-state index contributed by atoms with van der Waals surface area (Å²) < 4.78 is 37.2. The van der Waals surface area contributed by atoms with Crippen LogP contribution in [0.3, 0.4) is 0 Å². The van der Waals surface area contributed by atoms with Gasteiger partial charge in [-0.2, -0.15) is 13.2 Å². The summed E-state index contributed by atoms with van der Waals surface area (Å²) >= 11 is 0. The minimum atomic E-state index is -4.62. The van der Waals surface area contributed by atoms with E-state index in [4.69, 9.17) is 5.11 Å². The SMILES string of the molecule is CC1CCCC(NC(=O)N(CC(=O)O)CC(F)(F)F)CC1. The molecule has 0 radical (unpaired) electrons. The first-order chi connectivity index (χ1) is 9.67. The van der Waals surface area contributed by atoms with Crippen LogP contribution in [-0.2, 0) is 4.79 Å². The van der Waals surface area contributed by atoms with Gasteiger partial charge in [0.25, 0.3) is 0 Å². The summed E-state index contributed by atoms with van der Waals surface area (Å²) in [6.07, 6.45) is -0.352. The van der Waals surface area contributed by atoms with Crippen molar-refractivity contribution >= 4 is 12.0 Å². The molecule has 1 aliphatic rings. The predicted octanol–water partition coefficient (Wildman–Crippen LogP) is 2.61. The molecular weight excluding hydrogens is 289 g/mol. The lowest BCUT2D eigenvalue weighted by Gasteiger charge is -2.25. The number of hydrogen-bond donors (Lipinski definition) is 2. The highest BCUT2D eigenvalue weighted by atomic mass is 19.4. The number of halogens is 3. The van der Waals surface area contributed by atoms with Gasteiger partial charge in [0.1, 0.15) is 13.1 Å². The average molecular weight is 310 g/mol. The number of carboxylic acids is 1. The van der Waals surface area contributed by atoms with E-state index >= 15 is 0 Å². The van der Waals surface area contributed by atoms with Crippen molar-refractivity contribution in [1.29, 1.82) is 0 Å². The zero-order valence-corrected chi connectivity index (χ0v) is 11.9. The molecule has 0 spiro atoms. The van der Waals surface area contributed by atoms with Gasteiger partial charge >= 0.3 is 18.2 Å². The summed E-state index contributed by atoms with van der Waals surface area (Å²) in [5.41, 5.74) is 0. The molecule has 1 rings (SSSR count). The Balaban J connectivity index is 2.60. The quantitative estimate of drug-likeness (QED) is 0.784. The number of urea groups is 1. The Labute approximate surface area is 121 Å². The minimum absolute atomic E-state index is 0.188. The topological polar surface area (TPSA) is 69.6 Å². The van der Waals surface area contributed by atoms with Crippen LogP contribution in [-0.4, -0.2) is 47.3 Å². The van der Waals surface area contributed by atoms with Crippen LogP contribution >= 0.6 is 0 Å². The second-order valence-corrected chi connectivity index (χ2v) is 5.62. The number of carbonyl (C=O) groups excluding carboxylic acids is 1. The lowest BCUT2D eigenvalue weighted by molar-refractivity contribution is -0.149. The van der Waals surface area contributed by atoms with Gasteiger partial charge in [-0.05, 0) is 25.2 Å².